The van der Waals surface area contributed by atoms with Crippen LogP contribution in [0.25, 0.3) is 28.5 Å². The number of aromatic nitrogens is 1. The Labute approximate surface area is 165 Å². The van der Waals surface area contributed by atoms with E-state index in [0.717, 1.165) is 16.1 Å². The van der Waals surface area contributed by atoms with E-state index in [1.165, 1.54) is 28.5 Å². The number of hydrogen-bond acceptors (Lipinski definition) is 4. The summed E-state index contributed by atoms with van der Waals surface area (Å²) in [6.45, 7) is 0. The standard InChI is InChI=1S/C22H16N2OS2/c25-21(13-12-19-7-4-14-26-19)24-22-23-20(15-27-22)18-10-8-17(9-11-18)16-5-2-1-3-6-16/h1-15H,(H,23,24,25). The van der Waals surface area contributed by atoms with E-state index >= 15 is 0 Å². The summed E-state index contributed by atoms with van der Waals surface area (Å²) in [7, 11) is 0. The Balaban J connectivity index is 1.44. The van der Waals surface area contributed by atoms with Crippen LogP contribution in [0.2, 0.25) is 0 Å². The van der Waals surface area contributed by atoms with E-state index < -0.39 is 0 Å². The lowest BCUT2D eigenvalue weighted by atomic mass is 10.0. The zero-order chi connectivity index (χ0) is 18.5. The van der Waals surface area contributed by atoms with E-state index in [9.17, 15) is 4.79 Å². The Bertz CT molecular complexity index is 1050. The molecule has 0 aliphatic carbocycles. The summed E-state index contributed by atoms with van der Waals surface area (Å²) in [5.41, 5.74) is 4.24. The van der Waals surface area contributed by atoms with Gasteiger partial charge in [-0.15, -0.1) is 22.7 Å². The fourth-order valence-electron chi connectivity index (χ4n) is 2.62. The van der Waals surface area contributed by atoms with Crippen molar-refractivity contribution in [2.75, 3.05) is 5.32 Å². The molecule has 132 valence electrons. The molecule has 0 atom stereocenters. The Morgan fingerprint density at radius 2 is 1.59 bits per heavy atom. The van der Waals surface area contributed by atoms with E-state index in [0.29, 0.717) is 5.13 Å². The van der Waals surface area contributed by atoms with Gasteiger partial charge in [0.1, 0.15) is 0 Å². The molecule has 0 bridgehead atoms. The van der Waals surface area contributed by atoms with Crippen molar-refractivity contribution in [3.63, 3.8) is 0 Å². The molecule has 0 unspecified atom stereocenters. The molecule has 0 saturated heterocycles. The highest BCUT2D eigenvalue weighted by molar-refractivity contribution is 7.14. The van der Waals surface area contributed by atoms with Crippen LogP contribution in [0.3, 0.4) is 0 Å². The minimum Gasteiger partial charge on any atom is -0.298 e. The summed E-state index contributed by atoms with van der Waals surface area (Å²) >= 11 is 3.01. The highest BCUT2D eigenvalue weighted by atomic mass is 32.1. The van der Waals surface area contributed by atoms with Crippen molar-refractivity contribution in [3.05, 3.63) is 88.4 Å². The first-order valence-corrected chi connectivity index (χ1v) is 10.2. The Hall–Kier alpha value is -3.02. The topological polar surface area (TPSA) is 42.0 Å². The van der Waals surface area contributed by atoms with Gasteiger partial charge in [-0.05, 0) is 28.6 Å². The minimum absolute atomic E-state index is 0.177. The fraction of sp³-hybridized carbons (Fsp3) is 0. The molecule has 0 saturated carbocycles. The molecular formula is C22H16N2OS2. The lowest BCUT2D eigenvalue weighted by Crippen LogP contribution is -2.07. The third-order valence-electron chi connectivity index (χ3n) is 3.96. The predicted molar refractivity (Wildman–Crippen MR) is 115 cm³/mol. The van der Waals surface area contributed by atoms with Gasteiger partial charge in [0, 0.05) is 21.9 Å². The number of carbonyl (C=O) groups is 1. The molecule has 0 aliphatic rings. The summed E-state index contributed by atoms with van der Waals surface area (Å²) in [4.78, 5) is 17.6. The molecule has 1 N–H and O–H groups in total. The second-order valence-corrected chi connectivity index (χ2v) is 7.66. The van der Waals surface area contributed by atoms with E-state index in [1.54, 1.807) is 17.4 Å². The highest BCUT2D eigenvalue weighted by Gasteiger charge is 2.07. The number of nitrogens with one attached hydrogen (secondary N) is 1. The first-order valence-electron chi connectivity index (χ1n) is 8.42. The van der Waals surface area contributed by atoms with Crippen molar-refractivity contribution >= 4 is 39.8 Å². The van der Waals surface area contributed by atoms with Crippen LogP contribution in [0.1, 0.15) is 4.88 Å². The van der Waals surface area contributed by atoms with Crippen LogP contribution in [0.4, 0.5) is 5.13 Å². The van der Waals surface area contributed by atoms with Gasteiger partial charge in [-0.3, -0.25) is 10.1 Å². The van der Waals surface area contributed by atoms with Crippen LogP contribution in [0.15, 0.2) is 83.6 Å². The van der Waals surface area contributed by atoms with Gasteiger partial charge in [-0.2, -0.15) is 0 Å². The molecule has 27 heavy (non-hydrogen) atoms. The van der Waals surface area contributed by atoms with Crippen LogP contribution in [-0.2, 0) is 4.79 Å². The summed E-state index contributed by atoms with van der Waals surface area (Å²) in [5.74, 6) is -0.177. The predicted octanol–water partition coefficient (Wildman–Crippen LogP) is 6.19. The van der Waals surface area contributed by atoms with E-state index in [2.05, 4.69) is 46.7 Å². The quantitative estimate of drug-likeness (QED) is 0.414. The van der Waals surface area contributed by atoms with Gasteiger partial charge in [0.25, 0.3) is 0 Å². The maximum Gasteiger partial charge on any atom is 0.250 e. The Morgan fingerprint density at radius 1 is 0.852 bits per heavy atom. The summed E-state index contributed by atoms with van der Waals surface area (Å²) in [6.07, 6.45) is 3.33. The lowest BCUT2D eigenvalue weighted by molar-refractivity contribution is -0.111. The van der Waals surface area contributed by atoms with Crippen LogP contribution >= 0.6 is 22.7 Å². The van der Waals surface area contributed by atoms with Crippen molar-refractivity contribution in [2.24, 2.45) is 0 Å². The lowest BCUT2D eigenvalue weighted by Gasteiger charge is -2.02. The van der Waals surface area contributed by atoms with Gasteiger partial charge >= 0.3 is 0 Å². The summed E-state index contributed by atoms with van der Waals surface area (Å²) < 4.78 is 0. The normalized spacial score (nSPS) is 11.0. The number of thiophene rings is 1. The van der Waals surface area contributed by atoms with E-state index in [1.807, 2.05) is 41.1 Å². The molecule has 2 aromatic heterocycles. The second-order valence-electron chi connectivity index (χ2n) is 5.82. The molecule has 2 aromatic carbocycles. The number of rotatable bonds is 5. The molecule has 3 nitrogen and oxygen atoms in total. The highest BCUT2D eigenvalue weighted by Crippen LogP contribution is 2.27. The zero-order valence-electron chi connectivity index (χ0n) is 14.3. The van der Waals surface area contributed by atoms with Crippen LogP contribution < -0.4 is 5.32 Å². The van der Waals surface area contributed by atoms with Crippen molar-refractivity contribution in [2.45, 2.75) is 0 Å². The zero-order valence-corrected chi connectivity index (χ0v) is 16.0. The maximum atomic E-state index is 12.0. The van der Waals surface area contributed by atoms with Crippen LogP contribution in [0, 0.1) is 0 Å². The summed E-state index contributed by atoms with van der Waals surface area (Å²) in [6, 6.07) is 22.5. The van der Waals surface area contributed by atoms with Gasteiger partial charge in [0.2, 0.25) is 5.91 Å². The number of amides is 1. The molecule has 4 aromatic rings. The van der Waals surface area contributed by atoms with Crippen molar-refractivity contribution in [1.29, 1.82) is 0 Å². The van der Waals surface area contributed by atoms with Crippen molar-refractivity contribution in [3.8, 4) is 22.4 Å². The number of hydrogen-bond donors (Lipinski definition) is 1. The third-order valence-corrected chi connectivity index (χ3v) is 5.56. The van der Waals surface area contributed by atoms with E-state index in [-0.39, 0.29) is 5.91 Å². The molecular weight excluding hydrogens is 372 g/mol. The largest absolute Gasteiger partial charge is 0.298 e. The van der Waals surface area contributed by atoms with Gasteiger partial charge in [0.15, 0.2) is 5.13 Å². The number of thiazole rings is 1. The fourth-order valence-corrected chi connectivity index (χ4v) is 3.96. The minimum atomic E-state index is -0.177. The Morgan fingerprint density at radius 3 is 2.33 bits per heavy atom. The van der Waals surface area contributed by atoms with Crippen LogP contribution in [-0.4, -0.2) is 10.9 Å². The molecule has 0 radical (unpaired) electrons. The van der Waals surface area contributed by atoms with Crippen molar-refractivity contribution < 1.29 is 4.79 Å². The first kappa shape index (κ1) is 17.4. The van der Waals surface area contributed by atoms with Gasteiger partial charge in [-0.25, -0.2) is 4.98 Å². The smallest absolute Gasteiger partial charge is 0.250 e. The third kappa shape index (κ3) is 4.39. The molecule has 4 rings (SSSR count). The van der Waals surface area contributed by atoms with E-state index in [4.69, 9.17) is 0 Å². The van der Waals surface area contributed by atoms with Gasteiger partial charge in [0.05, 0.1) is 5.69 Å². The summed E-state index contributed by atoms with van der Waals surface area (Å²) in [5, 5.41) is 7.35. The van der Waals surface area contributed by atoms with Crippen LogP contribution in [0.5, 0.6) is 0 Å². The average molecular weight is 389 g/mol. The molecule has 5 heteroatoms. The SMILES string of the molecule is O=C(C=Cc1cccs1)Nc1nc(-c2ccc(-c3ccccc3)cc2)cs1. The number of carbonyl (C=O) groups excluding carboxylic acids is 1. The monoisotopic (exact) mass is 388 g/mol. The molecule has 0 fully saturated rings. The number of nitrogens with zero attached hydrogens (tertiary/aromatic N) is 1. The maximum absolute atomic E-state index is 12.0. The Kier molecular flexibility index (Phi) is 5.23. The number of benzene rings is 2. The second kappa shape index (κ2) is 8.12. The van der Waals surface area contributed by atoms with Crippen molar-refractivity contribution in [1.82, 2.24) is 4.98 Å². The molecule has 0 aliphatic heterocycles. The number of anilines is 1. The molecule has 2 heterocycles. The average Bonchev–Trinajstić information content (AvgIpc) is 3.39. The molecule has 0 spiro atoms. The van der Waals surface area contributed by atoms with Gasteiger partial charge in [-0.1, -0.05) is 60.7 Å². The molecule has 1 amide bonds. The van der Waals surface area contributed by atoms with Gasteiger partial charge < -0.3 is 0 Å². The first-order chi connectivity index (χ1) is 13.3.